The van der Waals surface area contributed by atoms with Gasteiger partial charge in [-0.25, -0.2) is 0 Å². The van der Waals surface area contributed by atoms with Crippen molar-refractivity contribution in [2.75, 3.05) is 13.7 Å². The van der Waals surface area contributed by atoms with Crippen LogP contribution in [0.2, 0.25) is 0 Å². The van der Waals surface area contributed by atoms with Gasteiger partial charge in [-0.3, -0.25) is 0 Å². The van der Waals surface area contributed by atoms with Crippen LogP contribution in [0.3, 0.4) is 0 Å². The zero-order valence-corrected chi connectivity index (χ0v) is 14.6. The monoisotopic (exact) mass is 341 g/mol. The summed E-state index contributed by atoms with van der Waals surface area (Å²) in [5, 5.41) is 21.7. The van der Waals surface area contributed by atoms with Gasteiger partial charge in [-0.05, 0) is 36.6 Å². The fraction of sp³-hybridized carbons (Fsp3) is 0.600. The third kappa shape index (κ3) is 1.52. The van der Waals surface area contributed by atoms with Crippen LogP contribution in [0.1, 0.15) is 30.6 Å². The van der Waals surface area contributed by atoms with E-state index >= 15 is 0 Å². The van der Waals surface area contributed by atoms with Crippen LogP contribution in [-0.2, 0) is 11.2 Å². The van der Waals surface area contributed by atoms with Crippen molar-refractivity contribution in [2.24, 2.45) is 17.8 Å². The minimum Gasteiger partial charge on any atom is -0.508 e. The number of nitrogens with one attached hydrogen (secondary N) is 1. The molecule has 132 valence electrons. The van der Waals surface area contributed by atoms with E-state index in [0.29, 0.717) is 42.3 Å². The molecule has 5 nitrogen and oxygen atoms in total. The van der Waals surface area contributed by atoms with Crippen molar-refractivity contribution < 1.29 is 19.4 Å². The van der Waals surface area contributed by atoms with Crippen molar-refractivity contribution in [3.05, 3.63) is 29.5 Å². The molecule has 25 heavy (non-hydrogen) atoms. The van der Waals surface area contributed by atoms with E-state index in [1.165, 1.54) is 11.3 Å². The van der Waals surface area contributed by atoms with Gasteiger partial charge < -0.3 is 24.4 Å². The Morgan fingerprint density at radius 1 is 1.28 bits per heavy atom. The molecule has 6 heterocycles. The van der Waals surface area contributed by atoms with Crippen LogP contribution >= 0.6 is 0 Å². The Balaban J connectivity index is 1.60. The molecule has 4 saturated heterocycles. The molecule has 3 N–H and O–H groups in total. The lowest BCUT2D eigenvalue weighted by molar-refractivity contribution is -1.01. The average molecular weight is 341 g/mol. The van der Waals surface area contributed by atoms with E-state index in [-0.39, 0.29) is 5.92 Å². The summed E-state index contributed by atoms with van der Waals surface area (Å²) >= 11 is 0. The lowest BCUT2D eigenvalue weighted by Gasteiger charge is -2.69. The van der Waals surface area contributed by atoms with Gasteiger partial charge in [-0.2, -0.15) is 0 Å². The number of nitrogens with zero attached hydrogens (tertiary/aromatic N) is 1. The summed E-state index contributed by atoms with van der Waals surface area (Å²) in [5.41, 5.74) is 3.83. The van der Waals surface area contributed by atoms with E-state index in [1.54, 1.807) is 6.07 Å². The second kappa shape index (κ2) is 4.40. The Kier molecular flexibility index (Phi) is 2.57. The predicted octanol–water partition coefficient (Wildman–Crippen LogP) is 2.29. The summed E-state index contributed by atoms with van der Waals surface area (Å²) < 4.78 is 6.80. The molecule has 0 aliphatic carbocycles. The van der Waals surface area contributed by atoms with Gasteiger partial charge in [0.15, 0.2) is 6.29 Å². The van der Waals surface area contributed by atoms with Gasteiger partial charge in [-0.15, -0.1) is 0 Å². The number of aromatic nitrogens is 1. The highest BCUT2D eigenvalue weighted by molar-refractivity contribution is 5.86. The minimum absolute atomic E-state index is 0.228. The van der Waals surface area contributed by atoms with Crippen LogP contribution in [-0.4, -0.2) is 51.7 Å². The number of hydrogen-bond acceptors (Lipinski definition) is 3. The molecule has 6 bridgehead atoms. The second-order valence-electron chi connectivity index (χ2n) is 8.86. The highest BCUT2D eigenvalue weighted by Gasteiger charge is 2.69. The van der Waals surface area contributed by atoms with E-state index in [2.05, 4.69) is 19.0 Å². The van der Waals surface area contributed by atoms with Crippen LogP contribution in [0.25, 0.3) is 10.9 Å². The number of rotatable bonds is 0. The number of H-pyrrole nitrogens is 1. The van der Waals surface area contributed by atoms with Crippen molar-refractivity contribution in [3.63, 3.8) is 0 Å². The first kappa shape index (κ1) is 14.6. The first-order chi connectivity index (χ1) is 12.0. The number of likely N-dealkylation sites (N-methyl/N-ethyl adjacent to an activating group) is 1. The Morgan fingerprint density at radius 3 is 2.96 bits per heavy atom. The number of hydrogen-bond donors (Lipinski definition) is 3. The quantitative estimate of drug-likeness (QED) is 0.644. The summed E-state index contributed by atoms with van der Waals surface area (Å²) in [4.78, 5) is 3.69. The van der Waals surface area contributed by atoms with Crippen LogP contribution < -0.4 is 0 Å². The summed E-state index contributed by atoms with van der Waals surface area (Å²) in [6.07, 6.45) is 1.45. The Labute approximate surface area is 146 Å². The molecule has 2 aromatic rings. The zero-order chi connectivity index (χ0) is 17.1. The van der Waals surface area contributed by atoms with Crippen LogP contribution in [0.15, 0.2) is 18.2 Å². The third-order valence-electron chi connectivity index (χ3n) is 8.33. The Hall–Kier alpha value is -1.56. The van der Waals surface area contributed by atoms with Crippen LogP contribution in [0, 0.1) is 17.8 Å². The Bertz CT molecular complexity index is 892. The summed E-state index contributed by atoms with van der Waals surface area (Å²) in [7, 11) is 2.40. The number of piperidine rings is 3. The number of phenolic OH excluding ortho intramolecular Hbond substituents is 1. The lowest BCUT2D eigenvalue weighted by atomic mass is 9.56. The first-order valence-corrected chi connectivity index (χ1v) is 9.49. The molecule has 2 unspecified atom stereocenters. The molecule has 0 saturated carbocycles. The van der Waals surface area contributed by atoms with Crippen molar-refractivity contribution >= 4 is 10.9 Å². The van der Waals surface area contributed by atoms with Gasteiger partial charge in [0.25, 0.3) is 0 Å². The molecule has 1 aromatic heterocycles. The number of phenols is 1. The molecular formula is C20H25N2O3+. The molecule has 0 amide bonds. The molecular weight excluding hydrogens is 316 g/mol. The molecule has 0 radical (unpaired) electrons. The molecule has 5 aliphatic rings. The van der Waals surface area contributed by atoms with Crippen LogP contribution in [0.5, 0.6) is 5.75 Å². The molecule has 5 aliphatic heterocycles. The number of benzene rings is 1. The van der Waals surface area contributed by atoms with Crippen molar-refractivity contribution in [1.29, 1.82) is 0 Å². The average Bonchev–Trinajstić information content (AvgIpc) is 2.92. The SMILES string of the molecule is C[C@H]1[C@H]2CO[C@@H](O)[C@@H]3C2C[C@H]2c4[nH]c5ccc(O)cc5c4C[C@H]3[N+]21C. The Morgan fingerprint density at radius 2 is 2.12 bits per heavy atom. The summed E-state index contributed by atoms with van der Waals surface area (Å²) in [5.74, 6) is 1.66. The number of quaternary nitrogens is 1. The molecule has 8 atom stereocenters. The van der Waals surface area contributed by atoms with Crippen molar-refractivity contribution in [1.82, 2.24) is 4.98 Å². The normalized spacial score (nSPS) is 47.1. The smallest absolute Gasteiger partial charge is 0.163 e. The van der Waals surface area contributed by atoms with Gasteiger partial charge in [0.2, 0.25) is 0 Å². The number of aliphatic hydroxyl groups is 1. The molecule has 7 rings (SSSR count). The van der Waals surface area contributed by atoms with Crippen molar-refractivity contribution in [3.8, 4) is 5.75 Å². The van der Waals surface area contributed by atoms with E-state index in [9.17, 15) is 10.2 Å². The topological polar surface area (TPSA) is 65.5 Å². The summed E-state index contributed by atoms with van der Waals surface area (Å²) in [6, 6.07) is 7.03. The van der Waals surface area contributed by atoms with Crippen LogP contribution in [0.4, 0.5) is 0 Å². The maximum absolute atomic E-state index is 10.6. The van der Waals surface area contributed by atoms with Gasteiger partial charge in [0.05, 0.1) is 31.3 Å². The maximum atomic E-state index is 10.6. The third-order valence-corrected chi connectivity index (χ3v) is 8.33. The van der Waals surface area contributed by atoms with Gasteiger partial charge >= 0.3 is 0 Å². The van der Waals surface area contributed by atoms with E-state index in [4.69, 9.17) is 4.74 Å². The zero-order valence-electron chi connectivity index (χ0n) is 14.6. The molecule has 4 fully saturated rings. The standard InChI is InChI=1S/C20H24N2O3/c1-9-14-8-25-20(24)18-12(14)6-17-19-13(7-16(18)22(9,17)2)11-5-10(23)3-4-15(11)21-19/h3-5,9,12,14,16-18,20-21,24H,6-8H2,1-2H3/p+1/t9-,12?,14+,16+,17-,18+,20+,22?/m0/s1. The fourth-order valence-corrected chi connectivity index (χ4v) is 7.03. The number of ether oxygens (including phenoxy) is 1. The van der Waals surface area contributed by atoms with E-state index in [0.717, 1.165) is 28.2 Å². The number of aromatic hydroxyl groups is 1. The van der Waals surface area contributed by atoms with E-state index < -0.39 is 6.29 Å². The number of aliphatic hydroxyl groups excluding tert-OH is 1. The molecule has 5 heteroatoms. The van der Waals surface area contributed by atoms with Crippen molar-refractivity contribution in [2.45, 2.75) is 44.2 Å². The molecule has 0 spiro atoms. The van der Waals surface area contributed by atoms with E-state index in [1.807, 2.05) is 12.1 Å². The maximum Gasteiger partial charge on any atom is 0.163 e. The fourth-order valence-electron chi connectivity index (χ4n) is 7.03. The largest absolute Gasteiger partial charge is 0.508 e. The molecule has 1 aromatic carbocycles. The lowest BCUT2D eigenvalue weighted by Crippen LogP contribution is -2.78. The second-order valence-corrected chi connectivity index (χ2v) is 8.86. The predicted molar refractivity (Wildman–Crippen MR) is 92.9 cm³/mol. The minimum atomic E-state index is -0.627. The number of aromatic amines is 1. The van der Waals surface area contributed by atoms with Gasteiger partial charge in [0, 0.05) is 29.7 Å². The highest BCUT2D eigenvalue weighted by atomic mass is 16.6. The first-order valence-electron chi connectivity index (χ1n) is 9.49. The van der Waals surface area contributed by atoms with Gasteiger partial charge in [0.1, 0.15) is 17.8 Å². The summed E-state index contributed by atoms with van der Waals surface area (Å²) in [6.45, 7) is 3.08. The highest BCUT2D eigenvalue weighted by Crippen LogP contribution is 2.62. The van der Waals surface area contributed by atoms with Gasteiger partial charge in [-0.1, -0.05) is 0 Å². The number of fused-ring (bicyclic) bond motifs is 3.